The molecule has 0 saturated carbocycles. The molecule has 0 atom stereocenters. The van der Waals surface area contributed by atoms with Crippen molar-refractivity contribution in [1.82, 2.24) is 9.80 Å². The number of fused-ring (bicyclic) bond motifs is 4. The number of rotatable bonds is 12. The molecule has 11 rings (SSSR count). The molecule has 0 aliphatic carbocycles. The van der Waals surface area contributed by atoms with Crippen LogP contribution in [0.4, 0.5) is 0 Å². The number of hydrogen-bond donors (Lipinski definition) is 3. The van der Waals surface area contributed by atoms with Crippen molar-refractivity contribution in [1.29, 1.82) is 0 Å². The summed E-state index contributed by atoms with van der Waals surface area (Å²) in [6.45, 7) is 1.63. The van der Waals surface area contributed by atoms with Crippen LogP contribution in [0.3, 0.4) is 0 Å². The van der Waals surface area contributed by atoms with Crippen LogP contribution < -0.4 is 4.57 Å². The van der Waals surface area contributed by atoms with E-state index in [2.05, 4.69) is 46.2 Å². The number of aromatic nitrogens is 1. The van der Waals surface area contributed by atoms with Gasteiger partial charge in [0.05, 0.1) is 60.3 Å². The second-order valence-electron chi connectivity index (χ2n) is 18.5. The summed E-state index contributed by atoms with van der Waals surface area (Å²) in [5.41, 5.74) is 10.7. The van der Waals surface area contributed by atoms with Crippen molar-refractivity contribution < 1.29 is 43.5 Å². The van der Waals surface area contributed by atoms with Crippen molar-refractivity contribution in [2.75, 3.05) is 13.6 Å². The van der Waals surface area contributed by atoms with Crippen LogP contribution in [0.15, 0.2) is 264 Å². The molecule has 8 bridgehead atoms. The fourth-order valence-corrected chi connectivity index (χ4v) is 10.9. The van der Waals surface area contributed by atoms with E-state index in [4.69, 9.17) is 20.0 Å². The normalized spacial score (nSPS) is 18.0. The maximum atomic E-state index is 12.2. The van der Waals surface area contributed by atoms with Gasteiger partial charge in [-0.15, -0.1) is 0 Å². The summed E-state index contributed by atoms with van der Waals surface area (Å²) < 4.78 is 105. The molecule has 0 amide bonds. The van der Waals surface area contributed by atoms with Crippen molar-refractivity contribution in [2.24, 2.45) is 20.0 Å². The van der Waals surface area contributed by atoms with E-state index in [1.165, 1.54) is 48.5 Å². The van der Waals surface area contributed by atoms with Crippen molar-refractivity contribution in [3.63, 3.8) is 0 Å². The number of nitrogens with zero attached hydrogens (tertiary/aromatic N) is 7. The summed E-state index contributed by atoms with van der Waals surface area (Å²) in [4.78, 5) is 24.0. The molecule has 8 heterocycles. The van der Waals surface area contributed by atoms with Gasteiger partial charge in [-0.2, -0.15) is 25.3 Å². The molecule has 0 saturated heterocycles. The molecule has 384 valence electrons. The lowest BCUT2D eigenvalue weighted by Gasteiger charge is -2.20. The van der Waals surface area contributed by atoms with Crippen LogP contribution in [0.1, 0.15) is 35.1 Å². The molecular weight excluding hydrogens is 1030 g/mol. The smallest absolute Gasteiger partial charge is 0.294 e. The number of allylic oxidation sites excluding steroid dienone is 18. The molecule has 0 radical (unpaired) electrons. The molecule has 77 heavy (non-hydrogen) atoms. The molecule has 7 aliphatic rings. The first-order valence-corrected chi connectivity index (χ1v) is 28.5. The molecule has 3 aromatic carbocycles. The van der Waals surface area contributed by atoms with Gasteiger partial charge in [0.1, 0.15) is 6.54 Å². The summed E-state index contributed by atoms with van der Waals surface area (Å²) in [6, 6.07) is 21.1. The monoisotopic (exact) mass is 1080 g/mol. The third-order valence-corrected chi connectivity index (χ3v) is 16.0. The minimum absolute atomic E-state index is 0.299. The number of aryl methyl sites for hydroxylation is 1. The average molecular weight is 1080 g/mol. The second kappa shape index (κ2) is 20.2. The number of unbranched alkanes of at least 4 members (excludes halogenated alkanes) is 1. The highest BCUT2D eigenvalue weighted by Gasteiger charge is 2.29. The van der Waals surface area contributed by atoms with Gasteiger partial charge in [0.25, 0.3) is 30.4 Å². The highest BCUT2D eigenvalue weighted by molar-refractivity contribution is 7.86. The number of benzene rings is 3. The fraction of sp³-hybridized carbons (Fsp3) is 0.0862. The lowest BCUT2D eigenvalue weighted by molar-refractivity contribution is -0.697. The zero-order chi connectivity index (χ0) is 53.6. The van der Waals surface area contributed by atoms with E-state index in [1.807, 2.05) is 73.2 Å². The van der Waals surface area contributed by atoms with Crippen LogP contribution >= 0.6 is 0 Å². The third kappa shape index (κ3) is 10.7. The van der Waals surface area contributed by atoms with E-state index in [0.717, 1.165) is 42.6 Å². The van der Waals surface area contributed by atoms with Gasteiger partial charge < -0.3 is 9.80 Å². The molecule has 7 aliphatic heterocycles. The summed E-state index contributed by atoms with van der Waals surface area (Å²) in [5.74, 6) is 0. The van der Waals surface area contributed by atoms with E-state index in [9.17, 15) is 38.9 Å². The predicted octanol–water partition coefficient (Wildman–Crippen LogP) is 9.11. The van der Waals surface area contributed by atoms with Crippen LogP contribution in [0, 0.1) is 0 Å². The summed E-state index contributed by atoms with van der Waals surface area (Å²) in [5, 5.41) is 0. The van der Waals surface area contributed by atoms with Crippen LogP contribution in [-0.2, 0) is 36.9 Å². The molecule has 3 N–H and O–H groups in total. The SMILES string of the molecule is CN1C=CC(=C2C=CN(CCCC[n+]3ccc(C4=C5C=CC(=N5)C(c5ccc(S(=O)(=O)O)cc5)=C5C=CC(=N5)C(c5ccc(S(=O)(=O)O)cc5)=C5C=CC(=N5)C(c5ccc(S(=O)(=O)O)cc5)=C5C=CC4=N5)cc3)C=C2)C=C1. The van der Waals surface area contributed by atoms with Gasteiger partial charge in [0, 0.05) is 79.2 Å². The number of pyridine rings is 1. The van der Waals surface area contributed by atoms with Crippen molar-refractivity contribution in [2.45, 2.75) is 34.1 Å². The number of hydrogen-bond acceptors (Lipinski definition) is 12. The summed E-state index contributed by atoms with van der Waals surface area (Å²) in [6.07, 6.45) is 37.2. The van der Waals surface area contributed by atoms with Crippen molar-refractivity contribution >= 4 is 75.5 Å². The summed E-state index contributed by atoms with van der Waals surface area (Å²) >= 11 is 0. The Morgan fingerprint density at radius 3 is 1.04 bits per heavy atom. The first-order valence-electron chi connectivity index (χ1n) is 24.2. The van der Waals surface area contributed by atoms with E-state index < -0.39 is 30.4 Å². The molecule has 0 fully saturated rings. The minimum Gasteiger partial charge on any atom is -0.357 e. The van der Waals surface area contributed by atoms with Crippen LogP contribution in [0.25, 0.3) is 22.3 Å². The molecule has 1 aromatic heterocycles. The van der Waals surface area contributed by atoms with Gasteiger partial charge in [-0.3, -0.25) is 13.7 Å². The molecule has 0 unspecified atom stereocenters. The molecule has 0 spiro atoms. The first kappa shape index (κ1) is 50.6. The van der Waals surface area contributed by atoms with Crippen LogP contribution in [-0.4, -0.2) is 85.2 Å². The molecule has 16 nitrogen and oxygen atoms in total. The van der Waals surface area contributed by atoms with Crippen molar-refractivity contribution in [3.8, 4) is 0 Å². The number of aliphatic imine (C=N–C) groups is 4. The highest BCUT2D eigenvalue weighted by atomic mass is 32.2. The van der Waals surface area contributed by atoms with Crippen LogP contribution in [0.2, 0.25) is 0 Å². The first-order chi connectivity index (χ1) is 36.9. The minimum atomic E-state index is -4.54. The van der Waals surface area contributed by atoms with Gasteiger partial charge in [-0.25, -0.2) is 24.5 Å². The van der Waals surface area contributed by atoms with Gasteiger partial charge in [-0.1, -0.05) is 36.4 Å². The highest BCUT2D eigenvalue weighted by Crippen LogP contribution is 2.39. The van der Waals surface area contributed by atoms with E-state index in [0.29, 0.717) is 84.6 Å². The van der Waals surface area contributed by atoms with Gasteiger partial charge >= 0.3 is 0 Å². The van der Waals surface area contributed by atoms with Crippen molar-refractivity contribution in [3.05, 3.63) is 251 Å². The van der Waals surface area contributed by atoms with E-state index in [-0.39, 0.29) is 14.7 Å². The quantitative estimate of drug-likeness (QED) is 0.0689. The molecular formula is C58H46N7O9S3+. The van der Waals surface area contributed by atoms with E-state index in [1.54, 1.807) is 48.6 Å². The van der Waals surface area contributed by atoms with Crippen LogP contribution in [0.5, 0.6) is 0 Å². The Labute approximate surface area is 445 Å². The fourth-order valence-electron chi connectivity index (χ4n) is 9.51. The predicted molar refractivity (Wildman–Crippen MR) is 297 cm³/mol. The standard InChI is InChI=1S/C58H45N7O9S3/c1-63-32-24-38(25-33-63)39-26-34-64(35-27-39)30-2-3-31-65-36-28-43(29-37-65)58-53-22-20-51(61-53)56(41-6-12-45(13-7-41)76(69,70)71)49-18-16-47(59-49)55(40-4-10-44(11-5-40)75(66,67)68)48-17-19-50(60-48)57(52-21-23-54(58)62-52)42-8-14-46(15-9-42)77(72,73)74/h4-29,32-37H,2-3,30-31H2,1H3,(H2-,66,67,68,69,70,71,72,73,74)/p+1. The maximum absolute atomic E-state index is 12.2. The van der Waals surface area contributed by atoms with E-state index >= 15 is 0 Å². The zero-order valence-corrected chi connectivity index (χ0v) is 43.4. The van der Waals surface area contributed by atoms with Gasteiger partial charge in [0.15, 0.2) is 12.4 Å². The average Bonchev–Trinajstić information content (AvgIpc) is 4.36. The van der Waals surface area contributed by atoms with Gasteiger partial charge in [0.2, 0.25) is 0 Å². The Morgan fingerprint density at radius 2 is 0.714 bits per heavy atom. The summed E-state index contributed by atoms with van der Waals surface area (Å²) in [7, 11) is -11.6. The topological polar surface area (TPSA) is 223 Å². The maximum Gasteiger partial charge on any atom is 0.294 e. The zero-order valence-electron chi connectivity index (χ0n) is 41.0. The Kier molecular flexibility index (Phi) is 13.3. The Morgan fingerprint density at radius 1 is 0.403 bits per heavy atom. The molecule has 4 aromatic rings. The Hall–Kier alpha value is -8.56. The lowest BCUT2D eigenvalue weighted by Crippen LogP contribution is -2.33. The third-order valence-electron chi connectivity index (χ3n) is 13.4. The largest absolute Gasteiger partial charge is 0.357 e. The Bertz CT molecular complexity index is 4020. The van der Waals surface area contributed by atoms with Gasteiger partial charge in [-0.05, 0) is 149 Å². The lowest BCUT2D eigenvalue weighted by atomic mass is 9.98. The Balaban J connectivity index is 1.01. The second-order valence-corrected chi connectivity index (χ2v) is 22.7. The molecule has 19 heteroatoms.